The molecule has 1 aromatic rings. The van der Waals surface area contributed by atoms with Gasteiger partial charge in [0, 0.05) is 12.6 Å². The highest BCUT2D eigenvalue weighted by Gasteiger charge is 2.49. The number of phosphoric acid groups is 1. The van der Waals surface area contributed by atoms with E-state index in [1.807, 2.05) is 0 Å². The lowest BCUT2D eigenvalue weighted by atomic mass is 10.1. The molecule has 0 aliphatic carbocycles. The van der Waals surface area contributed by atoms with Gasteiger partial charge in [0.1, 0.15) is 30.2 Å². The van der Waals surface area contributed by atoms with Crippen LogP contribution in [-0.2, 0) is 23.1 Å². The molecular formula is C14H22N3O11P. The molecule has 0 aromatic carbocycles. The van der Waals surface area contributed by atoms with Crippen LogP contribution in [0.25, 0.3) is 0 Å². The van der Waals surface area contributed by atoms with Crippen molar-refractivity contribution in [1.29, 1.82) is 0 Å². The van der Waals surface area contributed by atoms with Crippen LogP contribution in [-0.4, -0.2) is 84.9 Å². The number of hydrogen-bond acceptors (Lipinski definition) is 12. The van der Waals surface area contributed by atoms with Crippen LogP contribution in [0.2, 0.25) is 0 Å². The van der Waals surface area contributed by atoms with E-state index in [0.29, 0.717) is 0 Å². The first-order valence-electron chi connectivity index (χ1n) is 8.57. The van der Waals surface area contributed by atoms with Crippen molar-refractivity contribution in [3.05, 3.63) is 22.7 Å². The van der Waals surface area contributed by atoms with Crippen LogP contribution < -0.4 is 11.4 Å². The number of phosphoric ester groups is 1. The Bertz CT molecular complexity index is 822. The van der Waals surface area contributed by atoms with Gasteiger partial charge in [-0.2, -0.15) is 4.98 Å². The van der Waals surface area contributed by atoms with Gasteiger partial charge in [0.2, 0.25) is 0 Å². The number of aromatic nitrogens is 2. The van der Waals surface area contributed by atoms with Crippen molar-refractivity contribution in [2.24, 2.45) is 0 Å². The maximum Gasteiger partial charge on any atom is 0.472 e. The Balaban J connectivity index is 1.68. The Labute approximate surface area is 163 Å². The Morgan fingerprint density at radius 1 is 1.31 bits per heavy atom. The minimum Gasteiger partial charge on any atom is -0.394 e. The fourth-order valence-electron chi connectivity index (χ4n) is 3.05. The Kier molecular flexibility index (Phi) is 6.70. The van der Waals surface area contributed by atoms with Crippen molar-refractivity contribution in [3.8, 4) is 0 Å². The first-order chi connectivity index (χ1) is 13.6. The smallest absolute Gasteiger partial charge is 0.394 e. The van der Waals surface area contributed by atoms with Gasteiger partial charge >= 0.3 is 13.5 Å². The van der Waals surface area contributed by atoms with Crippen LogP contribution in [0.1, 0.15) is 12.6 Å². The standard InChI is InChI=1S/C14H22N3O11P/c15-9-1-2-17(14(22)16-9)13-11(21)12(7(4-18)27-13)28-29(23,24)25-5-8-6(19)3-10(20)26-8/h1-2,6-8,10-13,18-21H,3-5H2,(H,23,24)(H2,15,16,22)/t6-,7+,8+,10?,11+,12+,13+/m0/s1. The molecular weight excluding hydrogens is 417 g/mol. The minimum absolute atomic E-state index is 0.0556. The van der Waals surface area contributed by atoms with Gasteiger partial charge in [-0.1, -0.05) is 0 Å². The summed E-state index contributed by atoms with van der Waals surface area (Å²) in [5.41, 5.74) is 4.56. The molecule has 2 fully saturated rings. The predicted molar refractivity (Wildman–Crippen MR) is 92.1 cm³/mol. The maximum absolute atomic E-state index is 12.2. The van der Waals surface area contributed by atoms with E-state index in [1.165, 1.54) is 12.3 Å². The van der Waals surface area contributed by atoms with Crippen LogP contribution in [0, 0.1) is 0 Å². The van der Waals surface area contributed by atoms with E-state index in [9.17, 15) is 34.7 Å². The molecule has 2 aliphatic heterocycles. The third-order valence-electron chi connectivity index (χ3n) is 4.48. The second-order valence-electron chi connectivity index (χ2n) is 6.55. The zero-order valence-electron chi connectivity index (χ0n) is 14.9. The van der Waals surface area contributed by atoms with Crippen molar-refractivity contribution >= 4 is 13.6 Å². The van der Waals surface area contributed by atoms with Crippen LogP contribution >= 0.6 is 7.82 Å². The number of aliphatic hydroxyl groups is 4. The van der Waals surface area contributed by atoms with Gasteiger partial charge in [0.25, 0.3) is 0 Å². The number of rotatable bonds is 7. The molecule has 29 heavy (non-hydrogen) atoms. The fraction of sp³-hybridized carbons (Fsp3) is 0.714. The van der Waals surface area contributed by atoms with Crippen molar-refractivity contribution in [2.45, 2.75) is 49.5 Å². The Morgan fingerprint density at radius 3 is 2.62 bits per heavy atom. The first-order valence-corrected chi connectivity index (χ1v) is 10.1. The molecule has 3 rings (SSSR count). The lowest BCUT2D eigenvalue weighted by molar-refractivity contribution is -0.108. The highest BCUT2D eigenvalue weighted by atomic mass is 31.2. The van der Waals surface area contributed by atoms with Gasteiger partial charge in [-0.3, -0.25) is 13.6 Å². The summed E-state index contributed by atoms with van der Waals surface area (Å²) < 4.78 is 33.1. The molecule has 0 amide bonds. The lowest BCUT2D eigenvalue weighted by Gasteiger charge is -2.23. The van der Waals surface area contributed by atoms with Crippen molar-refractivity contribution < 1.29 is 48.4 Å². The topological polar surface area (TPSA) is 216 Å². The normalized spacial score (nSPS) is 36.9. The fourth-order valence-corrected chi connectivity index (χ4v) is 4.02. The summed E-state index contributed by atoms with van der Waals surface area (Å²) in [4.78, 5) is 25.4. The van der Waals surface area contributed by atoms with Crippen molar-refractivity contribution in [3.63, 3.8) is 0 Å². The first kappa shape index (κ1) is 22.2. The van der Waals surface area contributed by atoms with Gasteiger partial charge in [-0.25, -0.2) is 9.36 Å². The summed E-state index contributed by atoms with van der Waals surface area (Å²) >= 11 is 0. The molecule has 15 heteroatoms. The molecule has 0 radical (unpaired) electrons. The molecule has 2 unspecified atom stereocenters. The van der Waals surface area contributed by atoms with Crippen molar-refractivity contribution in [2.75, 3.05) is 18.9 Å². The molecule has 8 atom stereocenters. The quantitative estimate of drug-likeness (QED) is 0.234. The average molecular weight is 439 g/mol. The summed E-state index contributed by atoms with van der Waals surface area (Å²) in [7, 11) is -4.81. The zero-order valence-corrected chi connectivity index (χ0v) is 15.8. The highest BCUT2D eigenvalue weighted by Crippen LogP contribution is 2.48. The lowest BCUT2D eigenvalue weighted by Crippen LogP contribution is -2.37. The van der Waals surface area contributed by atoms with Crippen molar-refractivity contribution in [1.82, 2.24) is 9.55 Å². The second kappa shape index (κ2) is 8.73. The Hall–Kier alpha value is -1.45. The number of ether oxygens (including phenoxy) is 2. The molecule has 1 aromatic heterocycles. The molecule has 164 valence electrons. The summed E-state index contributed by atoms with van der Waals surface area (Å²) in [6.45, 7) is -1.28. The molecule has 7 N–H and O–H groups in total. The molecule has 0 spiro atoms. The Morgan fingerprint density at radius 2 is 2.03 bits per heavy atom. The number of aliphatic hydroxyl groups excluding tert-OH is 4. The highest BCUT2D eigenvalue weighted by molar-refractivity contribution is 7.47. The predicted octanol–water partition coefficient (Wildman–Crippen LogP) is -2.95. The zero-order chi connectivity index (χ0) is 21.3. The van der Waals surface area contributed by atoms with Gasteiger partial charge in [-0.05, 0) is 6.07 Å². The van der Waals surface area contributed by atoms with E-state index in [-0.39, 0.29) is 12.2 Å². The van der Waals surface area contributed by atoms with E-state index in [1.54, 1.807) is 0 Å². The third-order valence-corrected chi connectivity index (χ3v) is 5.46. The molecule has 2 saturated heterocycles. The molecule has 0 saturated carbocycles. The summed E-state index contributed by atoms with van der Waals surface area (Å²) in [6.07, 6.45) is -8.09. The molecule has 2 aliphatic rings. The van der Waals surface area contributed by atoms with Crippen LogP contribution in [0.4, 0.5) is 5.82 Å². The van der Waals surface area contributed by atoms with Gasteiger partial charge in [-0.15, -0.1) is 0 Å². The monoisotopic (exact) mass is 439 g/mol. The number of nitrogens with two attached hydrogens (primary N) is 1. The van der Waals surface area contributed by atoms with E-state index in [0.717, 1.165) is 4.57 Å². The van der Waals surface area contributed by atoms with E-state index in [2.05, 4.69) is 4.98 Å². The van der Waals surface area contributed by atoms with Crippen LogP contribution in [0.15, 0.2) is 17.1 Å². The number of hydrogen-bond donors (Lipinski definition) is 6. The van der Waals surface area contributed by atoms with Crippen LogP contribution in [0.5, 0.6) is 0 Å². The maximum atomic E-state index is 12.2. The van der Waals surface area contributed by atoms with E-state index < -0.39 is 69.8 Å². The number of nitrogen functional groups attached to an aromatic ring is 1. The van der Waals surface area contributed by atoms with E-state index in [4.69, 9.17) is 24.3 Å². The number of anilines is 1. The largest absolute Gasteiger partial charge is 0.472 e. The summed E-state index contributed by atoms with van der Waals surface area (Å²) in [6, 6.07) is 1.28. The van der Waals surface area contributed by atoms with E-state index >= 15 is 0 Å². The van der Waals surface area contributed by atoms with Crippen LogP contribution in [0.3, 0.4) is 0 Å². The SMILES string of the molecule is Nc1ccn([C@@H]2O[C@H](CO)[C@@H](OP(=O)(O)OC[C@H]3OC(O)C[C@@H]3O)[C@H]2O)c(=O)n1. The minimum atomic E-state index is -4.81. The third kappa shape index (κ3) is 5.00. The second-order valence-corrected chi connectivity index (χ2v) is 7.95. The summed E-state index contributed by atoms with van der Waals surface area (Å²) in [5.74, 6) is -0.0556. The molecule has 0 bridgehead atoms. The van der Waals surface area contributed by atoms with Gasteiger partial charge < -0.3 is 40.5 Å². The average Bonchev–Trinajstić information content (AvgIpc) is 3.12. The molecule has 3 heterocycles. The van der Waals surface area contributed by atoms with Gasteiger partial charge in [0.05, 0.1) is 19.3 Å². The summed E-state index contributed by atoms with van der Waals surface area (Å²) in [5, 5.41) is 38.9. The molecule has 14 nitrogen and oxygen atoms in total. The van der Waals surface area contributed by atoms with Gasteiger partial charge in [0.15, 0.2) is 12.5 Å². The number of nitrogens with zero attached hydrogens (tertiary/aromatic N) is 2.